The van der Waals surface area contributed by atoms with Crippen LogP contribution in [-0.2, 0) is 24.2 Å². The van der Waals surface area contributed by atoms with E-state index < -0.39 is 5.97 Å². The number of amides is 1. The maximum Gasteiger partial charge on any atom is 0.337 e. The highest BCUT2D eigenvalue weighted by Gasteiger charge is 2.27. The Bertz CT molecular complexity index is 777. The van der Waals surface area contributed by atoms with E-state index in [1.165, 1.54) is 5.56 Å². The Morgan fingerprint density at radius 2 is 2.00 bits per heavy atom. The smallest absolute Gasteiger partial charge is 0.337 e. The molecule has 1 N–H and O–H groups in total. The topological polar surface area (TPSA) is 62.5 Å². The third kappa shape index (κ3) is 2.63. The average Bonchev–Trinajstić information content (AvgIpc) is 3.08. The molecule has 0 spiro atoms. The van der Waals surface area contributed by atoms with Crippen molar-refractivity contribution in [3.8, 4) is 0 Å². The molecule has 0 bridgehead atoms. The van der Waals surface area contributed by atoms with Crippen molar-refractivity contribution in [2.24, 2.45) is 0 Å². The summed E-state index contributed by atoms with van der Waals surface area (Å²) in [6.45, 7) is 5.03. The van der Waals surface area contributed by atoms with Gasteiger partial charge in [-0.05, 0) is 37.5 Å². The molecule has 1 aromatic heterocycles. The number of aromatic carboxylic acids is 1. The van der Waals surface area contributed by atoms with Gasteiger partial charge in [0.25, 0.3) is 0 Å². The van der Waals surface area contributed by atoms with Crippen molar-refractivity contribution >= 4 is 17.6 Å². The molecule has 120 valence electrons. The third-order valence-electron chi connectivity index (χ3n) is 4.44. The van der Waals surface area contributed by atoms with E-state index in [1.54, 1.807) is 11.8 Å². The van der Waals surface area contributed by atoms with Crippen LogP contribution in [0.15, 0.2) is 30.5 Å². The minimum atomic E-state index is -0.973. The normalized spacial score (nSPS) is 13.2. The van der Waals surface area contributed by atoms with Crippen LogP contribution in [0.4, 0.5) is 5.69 Å². The predicted octanol–water partition coefficient (Wildman–Crippen LogP) is 2.65. The Morgan fingerprint density at radius 3 is 2.70 bits per heavy atom. The number of carbonyl (C=O) groups is 2. The van der Waals surface area contributed by atoms with Crippen molar-refractivity contribution < 1.29 is 14.7 Å². The number of carbonyl (C=O) groups excluding carboxylic acids is 1. The number of carboxylic acid groups (broad SMARTS) is 1. The minimum absolute atomic E-state index is 0.0507. The Hall–Kier alpha value is -2.56. The summed E-state index contributed by atoms with van der Waals surface area (Å²) in [6, 6.07) is 7.87. The number of rotatable bonds is 4. The third-order valence-corrected chi connectivity index (χ3v) is 4.44. The Balaban J connectivity index is 1.91. The van der Waals surface area contributed by atoms with Gasteiger partial charge in [-0.25, -0.2) is 4.79 Å². The fourth-order valence-corrected chi connectivity index (χ4v) is 3.35. The molecule has 1 aliphatic heterocycles. The minimum Gasteiger partial charge on any atom is -0.478 e. The lowest BCUT2D eigenvalue weighted by molar-refractivity contribution is -0.118. The maximum atomic E-state index is 12.7. The highest BCUT2D eigenvalue weighted by molar-refractivity contribution is 5.99. The van der Waals surface area contributed by atoms with Crippen LogP contribution in [0.2, 0.25) is 0 Å². The lowest BCUT2D eigenvalue weighted by Crippen LogP contribution is -2.31. The predicted molar refractivity (Wildman–Crippen MR) is 88.0 cm³/mol. The average molecular weight is 312 g/mol. The largest absolute Gasteiger partial charge is 0.478 e. The van der Waals surface area contributed by atoms with Crippen LogP contribution in [0.1, 0.15) is 34.1 Å². The lowest BCUT2D eigenvalue weighted by atomic mass is 10.1. The fourth-order valence-electron chi connectivity index (χ4n) is 3.35. The van der Waals surface area contributed by atoms with Gasteiger partial charge in [-0.3, -0.25) is 4.79 Å². The summed E-state index contributed by atoms with van der Waals surface area (Å²) in [5, 5.41) is 9.45. The number of hydrogen-bond donors (Lipinski definition) is 1. The van der Waals surface area contributed by atoms with E-state index in [0.29, 0.717) is 24.3 Å². The van der Waals surface area contributed by atoms with Crippen molar-refractivity contribution in [3.63, 3.8) is 0 Å². The summed E-state index contributed by atoms with van der Waals surface area (Å²) in [4.78, 5) is 26.1. The summed E-state index contributed by atoms with van der Waals surface area (Å²) < 4.78 is 1.86. The molecule has 3 rings (SSSR count). The molecule has 1 aromatic carbocycles. The summed E-state index contributed by atoms with van der Waals surface area (Å²) in [6.07, 6.45) is 2.77. The van der Waals surface area contributed by atoms with Gasteiger partial charge in [0.15, 0.2) is 0 Å². The van der Waals surface area contributed by atoms with Crippen LogP contribution in [0.5, 0.6) is 0 Å². The van der Waals surface area contributed by atoms with E-state index in [2.05, 4.69) is 0 Å². The van der Waals surface area contributed by atoms with E-state index in [-0.39, 0.29) is 17.9 Å². The summed E-state index contributed by atoms with van der Waals surface area (Å²) in [5.74, 6) is -1.02. The van der Waals surface area contributed by atoms with E-state index in [1.807, 2.05) is 42.0 Å². The molecule has 0 radical (unpaired) electrons. The van der Waals surface area contributed by atoms with Gasteiger partial charge in [0.05, 0.1) is 12.0 Å². The van der Waals surface area contributed by atoms with Gasteiger partial charge in [-0.1, -0.05) is 18.2 Å². The number of fused-ring (bicyclic) bond motifs is 1. The molecule has 0 atom stereocenters. The van der Waals surface area contributed by atoms with Gasteiger partial charge in [0.1, 0.15) is 0 Å². The second-order valence-corrected chi connectivity index (χ2v) is 5.83. The number of anilines is 1. The standard InChI is InChI=1S/C18H20N2O3/c1-3-19-11-12(2)17(18(22)23)15(19)10-16(21)20-9-8-13-6-4-5-7-14(13)20/h4-7,11H,3,8-10H2,1-2H3,(H,22,23). The molecule has 0 saturated heterocycles. The van der Waals surface area contributed by atoms with Crippen LogP contribution < -0.4 is 4.90 Å². The number of carboxylic acids is 1. The van der Waals surface area contributed by atoms with Gasteiger partial charge < -0.3 is 14.6 Å². The number of para-hydroxylation sites is 1. The van der Waals surface area contributed by atoms with Crippen LogP contribution in [-0.4, -0.2) is 28.1 Å². The summed E-state index contributed by atoms with van der Waals surface area (Å²) in [5.41, 5.74) is 3.66. The van der Waals surface area contributed by atoms with Gasteiger partial charge in [-0.15, -0.1) is 0 Å². The number of hydrogen-bond acceptors (Lipinski definition) is 2. The molecule has 5 heteroatoms. The van der Waals surface area contributed by atoms with Crippen molar-refractivity contribution in [3.05, 3.63) is 52.8 Å². The lowest BCUT2D eigenvalue weighted by Gasteiger charge is -2.18. The van der Waals surface area contributed by atoms with Crippen molar-refractivity contribution in [1.82, 2.24) is 4.57 Å². The van der Waals surface area contributed by atoms with Crippen molar-refractivity contribution in [2.45, 2.75) is 33.2 Å². The molecule has 23 heavy (non-hydrogen) atoms. The molecule has 0 unspecified atom stereocenters. The maximum absolute atomic E-state index is 12.7. The van der Waals surface area contributed by atoms with E-state index in [0.717, 1.165) is 12.1 Å². The highest BCUT2D eigenvalue weighted by Crippen LogP contribution is 2.28. The first-order valence-electron chi connectivity index (χ1n) is 7.83. The molecule has 2 heterocycles. The molecule has 2 aromatic rings. The van der Waals surface area contributed by atoms with Gasteiger partial charge >= 0.3 is 5.97 Å². The second-order valence-electron chi connectivity index (χ2n) is 5.83. The second kappa shape index (κ2) is 5.91. The number of benzene rings is 1. The fraction of sp³-hybridized carbons (Fsp3) is 0.333. The summed E-state index contributed by atoms with van der Waals surface area (Å²) in [7, 11) is 0. The first-order chi connectivity index (χ1) is 11.0. The van der Waals surface area contributed by atoms with Gasteiger partial charge in [-0.2, -0.15) is 0 Å². The van der Waals surface area contributed by atoms with Crippen LogP contribution >= 0.6 is 0 Å². The van der Waals surface area contributed by atoms with Crippen LogP contribution in [0, 0.1) is 6.92 Å². The van der Waals surface area contributed by atoms with Crippen molar-refractivity contribution in [2.75, 3.05) is 11.4 Å². The summed E-state index contributed by atoms with van der Waals surface area (Å²) >= 11 is 0. The van der Waals surface area contributed by atoms with Crippen LogP contribution in [0.3, 0.4) is 0 Å². The molecule has 0 aliphatic carbocycles. The van der Waals surface area contributed by atoms with E-state index >= 15 is 0 Å². The van der Waals surface area contributed by atoms with Gasteiger partial charge in [0, 0.05) is 30.7 Å². The Kier molecular flexibility index (Phi) is 3.94. The van der Waals surface area contributed by atoms with E-state index in [4.69, 9.17) is 0 Å². The highest BCUT2D eigenvalue weighted by atomic mass is 16.4. The number of nitrogens with zero attached hydrogens (tertiary/aromatic N) is 2. The molecule has 1 aliphatic rings. The zero-order valence-electron chi connectivity index (χ0n) is 13.4. The van der Waals surface area contributed by atoms with Crippen LogP contribution in [0.25, 0.3) is 0 Å². The SMILES string of the molecule is CCn1cc(C)c(C(=O)O)c1CC(=O)N1CCc2ccccc21. The quantitative estimate of drug-likeness (QED) is 0.944. The molecule has 5 nitrogen and oxygen atoms in total. The molecule has 0 saturated carbocycles. The van der Waals surface area contributed by atoms with Crippen molar-refractivity contribution in [1.29, 1.82) is 0 Å². The monoisotopic (exact) mass is 312 g/mol. The molecular weight excluding hydrogens is 292 g/mol. The molecule has 0 fully saturated rings. The first kappa shape index (κ1) is 15.3. The first-order valence-corrected chi connectivity index (χ1v) is 7.83. The molecular formula is C18H20N2O3. The van der Waals surface area contributed by atoms with Gasteiger partial charge in [0.2, 0.25) is 5.91 Å². The zero-order valence-corrected chi connectivity index (χ0v) is 13.4. The Morgan fingerprint density at radius 1 is 1.26 bits per heavy atom. The zero-order chi connectivity index (χ0) is 16.6. The van der Waals surface area contributed by atoms with E-state index in [9.17, 15) is 14.7 Å². The molecule has 1 amide bonds. The number of aromatic nitrogens is 1. The Labute approximate surface area is 135 Å². The number of aryl methyl sites for hydroxylation is 2.